The van der Waals surface area contributed by atoms with Crippen LogP contribution in [0.2, 0.25) is 0 Å². The summed E-state index contributed by atoms with van der Waals surface area (Å²) >= 11 is 0. The van der Waals surface area contributed by atoms with E-state index in [0.29, 0.717) is 18.6 Å². The standard InChI is InChI=1S/C17H24N6O/c1-12-9-16(20-15(19-12)10-24-2)22-7-5-13(6-8-22)17-21-18-11-23(17)14-3-4-14/h9,11,13-14H,3-8,10H2,1-2H3. The van der Waals surface area contributed by atoms with Gasteiger partial charge in [0.1, 0.15) is 24.6 Å². The topological polar surface area (TPSA) is 69.0 Å². The lowest BCUT2D eigenvalue weighted by Crippen LogP contribution is -2.34. The van der Waals surface area contributed by atoms with Crippen molar-refractivity contribution in [2.45, 2.75) is 51.2 Å². The van der Waals surface area contributed by atoms with Crippen molar-refractivity contribution in [2.24, 2.45) is 0 Å². The zero-order valence-corrected chi connectivity index (χ0v) is 14.4. The molecule has 1 aliphatic heterocycles. The van der Waals surface area contributed by atoms with Gasteiger partial charge in [-0.2, -0.15) is 0 Å². The van der Waals surface area contributed by atoms with Crippen LogP contribution >= 0.6 is 0 Å². The average Bonchev–Trinajstić information content (AvgIpc) is 3.32. The lowest BCUT2D eigenvalue weighted by atomic mass is 9.96. The largest absolute Gasteiger partial charge is 0.377 e. The Bertz CT molecular complexity index is 703. The first-order valence-electron chi connectivity index (χ1n) is 8.72. The molecular weight excluding hydrogens is 304 g/mol. The van der Waals surface area contributed by atoms with E-state index in [1.54, 1.807) is 7.11 Å². The number of ether oxygens (including phenoxy) is 1. The Balaban J connectivity index is 1.45. The van der Waals surface area contributed by atoms with Crippen molar-refractivity contribution in [3.05, 3.63) is 29.7 Å². The number of aryl methyl sites for hydroxylation is 1. The average molecular weight is 328 g/mol. The maximum atomic E-state index is 5.17. The van der Waals surface area contributed by atoms with Gasteiger partial charge in [-0.25, -0.2) is 9.97 Å². The molecule has 4 rings (SSSR count). The fraction of sp³-hybridized carbons (Fsp3) is 0.647. The van der Waals surface area contributed by atoms with Crippen LogP contribution in [0.3, 0.4) is 0 Å². The quantitative estimate of drug-likeness (QED) is 0.838. The second kappa shape index (κ2) is 6.47. The molecule has 2 fully saturated rings. The van der Waals surface area contributed by atoms with Crippen molar-refractivity contribution in [3.63, 3.8) is 0 Å². The predicted octanol–water partition coefficient (Wildman–Crippen LogP) is 2.24. The SMILES string of the molecule is COCc1nc(C)cc(N2CCC(c3nncn3C3CC3)CC2)n1. The van der Waals surface area contributed by atoms with Gasteiger partial charge >= 0.3 is 0 Å². The van der Waals surface area contributed by atoms with E-state index in [-0.39, 0.29) is 0 Å². The molecule has 7 heteroatoms. The molecule has 0 N–H and O–H groups in total. The molecule has 7 nitrogen and oxygen atoms in total. The Morgan fingerprint density at radius 3 is 2.67 bits per heavy atom. The molecule has 24 heavy (non-hydrogen) atoms. The monoisotopic (exact) mass is 328 g/mol. The number of methoxy groups -OCH3 is 1. The highest BCUT2D eigenvalue weighted by Crippen LogP contribution is 2.38. The number of rotatable bonds is 5. The van der Waals surface area contributed by atoms with Crippen LogP contribution in [-0.2, 0) is 11.3 Å². The van der Waals surface area contributed by atoms with E-state index in [2.05, 4.69) is 35.7 Å². The van der Waals surface area contributed by atoms with E-state index in [1.165, 1.54) is 18.7 Å². The summed E-state index contributed by atoms with van der Waals surface area (Å²) in [4.78, 5) is 11.4. The zero-order valence-electron chi connectivity index (χ0n) is 14.4. The minimum Gasteiger partial charge on any atom is -0.377 e. The van der Waals surface area contributed by atoms with Crippen LogP contribution < -0.4 is 4.90 Å². The summed E-state index contributed by atoms with van der Waals surface area (Å²) in [7, 11) is 1.67. The van der Waals surface area contributed by atoms with E-state index in [1.807, 2.05) is 13.3 Å². The van der Waals surface area contributed by atoms with Gasteiger partial charge in [-0.05, 0) is 32.6 Å². The van der Waals surface area contributed by atoms with Gasteiger partial charge in [0, 0.05) is 43.9 Å². The summed E-state index contributed by atoms with van der Waals surface area (Å²) in [5.41, 5.74) is 0.989. The molecular formula is C17H24N6O. The first-order valence-corrected chi connectivity index (χ1v) is 8.72. The highest BCUT2D eigenvalue weighted by atomic mass is 16.5. The number of hydrogen-bond donors (Lipinski definition) is 0. The summed E-state index contributed by atoms with van der Waals surface area (Å²) in [5.74, 6) is 3.45. The first-order chi connectivity index (χ1) is 11.7. The first kappa shape index (κ1) is 15.5. The summed E-state index contributed by atoms with van der Waals surface area (Å²) in [6.07, 6.45) is 6.63. The van der Waals surface area contributed by atoms with Gasteiger partial charge in [0.25, 0.3) is 0 Å². The van der Waals surface area contributed by atoms with E-state index in [4.69, 9.17) is 4.74 Å². The maximum absolute atomic E-state index is 5.17. The predicted molar refractivity (Wildman–Crippen MR) is 90.0 cm³/mol. The molecule has 0 spiro atoms. The highest BCUT2D eigenvalue weighted by molar-refractivity contribution is 5.40. The van der Waals surface area contributed by atoms with Crippen molar-refractivity contribution in [2.75, 3.05) is 25.1 Å². The van der Waals surface area contributed by atoms with Crippen molar-refractivity contribution in [1.82, 2.24) is 24.7 Å². The molecule has 0 bridgehead atoms. The number of hydrogen-bond acceptors (Lipinski definition) is 6. The van der Waals surface area contributed by atoms with Crippen LogP contribution in [0.4, 0.5) is 5.82 Å². The van der Waals surface area contributed by atoms with Crippen molar-refractivity contribution in [3.8, 4) is 0 Å². The van der Waals surface area contributed by atoms with Crippen LogP contribution in [0.25, 0.3) is 0 Å². The van der Waals surface area contributed by atoms with Crippen LogP contribution in [0, 0.1) is 6.92 Å². The van der Waals surface area contributed by atoms with E-state index in [9.17, 15) is 0 Å². The summed E-state index contributed by atoms with van der Waals surface area (Å²) < 4.78 is 7.47. The Hall–Kier alpha value is -2.02. The van der Waals surface area contributed by atoms with Crippen LogP contribution in [-0.4, -0.2) is 44.9 Å². The molecule has 2 aromatic heterocycles. The summed E-state index contributed by atoms with van der Waals surface area (Å²) in [5, 5.41) is 8.55. The van der Waals surface area contributed by atoms with Crippen molar-refractivity contribution in [1.29, 1.82) is 0 Å². The van der Waals surface area contributed by atoms with E-state index >= 15 is 0 Å². The molecule has 3 heterocycles. The lowest BCUT2D eigenvalue weighted by molar-refractivity contribution is 0.177. The Morgan fingerprint density at radius 2 is 1.96 bits per heavy atom. The molecule has 0 unspecified atom stereocenters. The Kier molecular flexibility index (Phi) is 4.18. The van der Waals surface area contributed by atoms with Crippen LogP contribution in [0.1, 0.15) is 55.0 Å². The lowest BCUT2D eigenvalue weighted by Gasteiger charge is -2.32. The fourth-order valence-electron chi connectivity index (χ4n) is 3.51. The van der Waals surface area contributed by atoms with Gasteiger partial charge in [-0.1, -0.05) is 0 Å². The third-order valence-corrected chi connectivity index (χ3v) is 4.89. The molecule has 0 radical (unpaired) electrons. The normalized spacial score (nSPS) is 19.0. The van der Waals surface area contributed by atoms with Crippen LogP contribution in [0.5, 0.6) is 0 Å². The van der Waals surface area contributed by atoms with Gasteiger partial charge < -0.3 is 14.2 Å². The number of nitrogens with zero attached hydrogens (tertiary/aromatic N) is 6. The van der Waals surface area contributed by atoms with Gasteiger partial charge in [-0.15, -0.1) is 10.2 Å². The number of piperidine rings is 1. The smallest absolute Gasteiger partial charge is 0.156 e. The van der Waals surface area contributed by atoms with E-state index in [0.717, 1.165) is 43.3 Å². The summed E-state index contributed by atoms with van der Waals surface area (Å²) in [6.45, 7) is 4.45. The third-order valence-electron chi connectivity index (χ3n) is 4.89. The van der Waals surface area contributed by atoms with Gasteiger partial charge in [-0.3, -0.25) is 0 Å². The second-order valence-electron chi connectivity index (χ2n) is 6.81. The maximum Gasteiger partial charge on any atom is 0.156 e. The molecule has 0 amide bonds. The van der Waals surface area contributed by atoms with Gasteiger partial charge in [0.15, 0.2) is 5.82 Å². The molecule has 2 aliphatic rings. The summed E-state index contributed by atoms with van der Waals surface area (Å²) in [6, 6.07) is 2.71. The number of anilines is 1. The molecule has 2 aromatic rings. The van der Waals surface area contributed by atoms with Gasteiger partial charge in [0.05, 0.1) is 0 Å². The minimum atomic E-state index is 0.454. The minimum absolute atomic E-state index is 0.454. The van der Waals surface area contributed by atoms with Crippen molar-refractivity contribution < 1.29 is 4.74 Å². The number of aromatic nitrogens is 5. The highest BCUT2D eigenvalue weighted by Gasteiger charge is 2.31. The molecule has 128 valence electrons. The fourth-order valence-corrected chi connectivity index (χ4v) is 3.51. The second-order valence-corrected chi connectivity index (χ2v) is 6.81. The molecule has 1 saturated heterocycles. The molecule has 1 saturated carbocycles. The molecule has 1 aliphatic carbocycles. The Morgan fingerprint density at radius 1 is 1.17 bits per heavy atom. The Labute approximate surface area is 142 Å². The van der Waals surface area contributed by atoms with E-state index < -0.39 is 0 Å². The van der Waals surface area contributed by atoms with Gasteiger partial charge in [0.2, 0.25) is 0 Å². The van der Waals surface area contributed by atoms with Crippen molar-refractivity contribution >= 4 is 5.82 Å². The van der Waals surface area contributed by atoms with Crippen LogP contribution in [0.15, 0.2) is 12.4 Å². The third kappa shape index (κ3) is 3.13. The molecule has 0 atom stereocenters. The zero-order chi connectivity index (χ0) is 16.5. The molecule has 0 aromatic carbocycles.